The Hall–Kier alpha value is -2.41. The molecule has 0 aliphatic carbocycles. The van der Waals surface area contributed by atoms with Gasteiger partial charge in [-0.05, 0) is 25.0 Å². The van der Waals surface area contributed by atoms with Gasteiger partial charge in [0.15, 0.2) is 6.10 Å². The number of para-hydroxylation sites is 1. The Morgan fingerprint density at radius 2 is 1.82 bits per heavy atom. The average Bonchev–Trinajstić information content (AvgIpc) is 2.98. The third-order valence-corrected chi connectivity index (χ3v) is 3.30. The summed E-state index contributed by atoms with van der Waals surface area (Å²) in [5, 5.41) is 14.1. The normalized spacial score (nSPS) is 20.4. The number of anilines is 1. The number of rotatable bonds is 6. The first kappa shape index (κ1) is 16.0. The summed E-state index contributed by atoms with van der Waals surface area (Å²) in [6.45, 7) is 0.176. The minimum Gasteiger partial charge on any atom is -0.479 e. The maximum Gasteiger partial charge on any atom is 0.332 e. The lowest BCUT2D eigenvalue weighted by molar-refractivity contribution is -0.151. The number of aliphatic carboxylic acids is 1. The summed E-state index contributed by atoms with van der Waals surface area (Å²) in [6, 6.07) is 9.02. The van der Waals surface area contributed by atoms with E-state index in [4.69, 9.17) is 9.84 Å². The van der Waals surface area contributed by atoms with E-state index in [1.807, 2.05) is 18.2 Å². The highest BCUT2D eigenvalue weighted by atomic mass is 16.5. The Labute approximate surface area is 127 Å². The van der Waals surface area contributed by atoms with Crippen molar-refractivity contribution >= 4 is 23.5 Å². The Kier molecular flexibility index (Phi) is 5.48. The van der Waals surface area contributed by atoms with Crippen molar-refractivity contribution in [3.8, 4) is 0 Å². The molecule has 0 aromatic heterocycles. The quantitative estimate of drug-likeness (QED) is 0.720. The van der Waals surface area contributed by atoms with Crippen LogP contribution in [0.5, 0.6) is 0 Å². The van der Waals surface area contributed by atoms with E-state index in [9.17, 15) is 14.4 Å². The molecule has 0 saturated carbocycles. The van der Waals surface area contributed by atoms with Crippen molar-refractivity contribution in [1.29, 1.82) is 0 Å². The highest BCUT2D eigenvalue weighted by molar-refractivity contribution is 5.91. The number of carboxylic acid groups (broad SMARTS) is 1. The number of ether oxygens (including phenoxy) is 1. The van der Waals surface area contributed by atoms with E-state index in [2.05, 4.69) is 10.6 Å². The van der Waals surface area contributed by atoms with Crippen molar-refractivity contribution < 1.29 is 24.2 Å². The predicted molar refractivity (Wildman–Crippen MR) is 78.2 cm³/mol. The van der Waals surface area contributed by atoms with Gasteiger partial charge in [-0.1, -0.05) is 18.2 Å². The molecule has 1 aromatic rings. The van der Waals surface area contributed by atoms with Crippen LogP contribution in [0.4, 0.5) is 5.69 Å². The molecule has 1 aromatic carbocycles. The Balaban J connectivity index is 1.67. The van der Waals surface area contributed by atoms with Gasteiger partial charge >= 0.3 is 5.97 Å². The molecule has 1 aliphatic heterocycles. The van der Waals surface area contributed by atoms with Crippen LogP contribution in [-0.4, -0.2) is 41.6 Å². The van der Waals surface area contributed by atoms with Crippen LogP contribution in [0.2, 0.25) is 0 Å². The molecule has 22 heavy (non-hydrogen) atoms. The summed E-state index contributed by atoms with van der Waals surface area (Å²) < 4.78 is 5.13. The number of carbonyl (C=O) groups is 3. The van der Waals surface area contributed by atoms with Crippen LogP contribution in [0.15, 0.2) is 30.3 Å². The summed E-state index contributed by atoms with van der Waals surface area (Å²) in [5.74, 6) is -1.64. The van der Waals surface area contributed by atoms with E-state index in [0.717, 1.165) is 0 Å². The van der Waals surface area contributed by atoms with E-state index in [1.165, 1.54) is 0 Å². The zero-order valence-corrected chi connectivity index (χ0v) is 12.0. The van der Waals surface area contributed by atoms with Gasteiger partial charge in [0.25, 0.3) is 0 Å². The third-order valence-electron chi connectivity index (χ3n) is 3.30. The summed E-state index contributed by atoms with van der Waals surface area (Å²) in [6.07, 6.45) is -0.841. The molecule has 7 heteroatoms. The van der Waals surface area contributed by atoms with Crippen molar-refractivity contribution in [2.75, 3.05) is 11.9 Å². The molecule has 0 unspecified atom stereocenters. The van der Waals surface area contributed by atoms with Gasteiger partial charge in [-0.3, -0.25) is 9.59 Å². The molecule has 2 amide bonds. The number of hydrogen-bond acceptors (Lipinski definition) is 4. The van der Waals surface area contributed by atoms with E-state index in [-0.39, 0.29) is 24.8 Å². The topological polar surface area (TPSA) is 105 Å². The van der Waals surface area contributed by atoms with Crippen molar-refractivity contribution in [2.45, 2.75) is 31.5 Å². The molecule has 7 nitrogen and oxygen atoms in total. The second-order valence-electron chi connectivity index (χ2n) is 4.98. The van der Waals surface area contributed by atoms with Crippen LogP contribution in [-0.2, 0) is 19.1 Å². The molecule has 0 bridgehead atoms. The SMILES string of the molecule is O=C(CCNC(=O)[C@@H]1CC[C@H](C(=O)O)O1)Nc1ccccc1. The fourth-order valence-electron chi connectivity index (χ4n) is 2.17. The second-order valence-corrected chi connectivity index (χ2v) is 4.98. The van der Waals surface area contributed by atoms with Crippen LogP contribution >= 0.6 is 0 Å². The van der Waals surface area contributed by atoms with Crippen LogP contribution in [0.25, 0.3) is 0 Å². The summed E-state index contributed by atoms with van der Waals surface area (Å²) in [4.78, 5) is 34.2. The van der Waals surface area contributed by atoms with E-state index in [1.54, 1.807) is 12.1 Å². The molecule has 118 valence electrons. The molecule has 1 aliphatic rings. The lowest BCUT2D eigenvalue weighted by Crippen LogP contribution is -2.37. The van der Waals surface area contributed by atoms with Gasteiger partial charge in [0.05, 0.1) is 0 Å². The molecule has 2 atom stereocenters. The van der Waals surface area contributed by atoms with Gasteiger partial charge in [-0.15, -0.1) is 0 Å². The van der Waals surface area contributed by atoms with Crippen LogP contribution < -0.4 is 10.6 Å². The Bertz CT molecular complexity index is 546. The van der Waals surface area contributed by atoms with E-state index in [0.29, 0.717) is 18.5 Å². The Morgan fingerprint density at radius 3 is 2.45 bits per heavy atom. The molecule has 1 heterocycles. The largest absolute Gasteiger partial charge is 0.479 e. The van der Waals surface area contributed by atoms with Gasteiger partial charge in [0, 0.05) is 18.7 Å². The standard InChI is InChI=1S/C15H18N2O5/c18-13(17-10-4-2-1-3-5-10)8-9-16-14(19)11-6-7-12(22-11)15(20)21/h1-5,11-12H,6-9H2,(H,16,19)(H,17,18)(H,20,21)/t11-,12+/m0/s1. The number of amides is 2. The number of hydrogen-bond donors (Lipinski definition) is 3. The van der Waals surface area contributed by atoms with E-state index >= 15 is 0 Å². The smallest absolute Gasteiger partial charge is 0.332 e. The number of benzene rings is 1. The lowest BCUT2D eigenvalue weighted by atomic mass is 10.2. The summed E-state index contributed by atoms with van der Waals surface area (Å²) in [7, 11) is 0. The predicted octanol–water partition coefficient (Wildman–Crippen LogP) is 0.764. The van der Waals surface area contributed by atoms with Crippen LogP contribution in [0.3, 0.4) is 0 Å². The summed E-state index contributed by atoms with van der Waals surface area (Å²) >= 11 is 0. The third kappa shape index (κ3) is 4.56. The van der Waals surface area contributed by atoms with Crippen molar-refractivity contribution in [1.82, 2.24) is 5.32 Å². The molecule has 2 rings (SSSR count). The van der Waals surface area contributed by atoms with Crippen molar-refractivity contribution in [3.63, 3.8) is 0 Å². The number of nitrogens with one attached hydrogen (secondary N) is 2. The van der Waals surface area contributed by atoms with Gasteiger partial charge in [0.2, 0.25) is 11.8 Å². The van der Waals surface area contributed by atoms with Crippen LogP contribution in [0.1, 0.15) is 19.3 Å². The van der Waals surface area contributed by atoms with Gasteiger partial charge in [0.1, 0.15) is 6.10 Å². The molecular weight excluding hydrogens is 288 g/mol. The molecule has 1 saturated heterocycles. The first-order valence-corrected chi connectivity index (χ1v) is 7.07. The van der Waals surface area contributed by atoms with Gasteiger partial charge in [-0.2, -0.15) is 0 Å². The molecular formula is C15H18N2O5. The second kappa shape index (κ2) is 7.56. The fourth-order valence-corrected chi connectivity index (χ4v) is 2.17. The zero-order chi connectivity index (χ0) is 15.9. The van der Waals surface area contributed by atoms with Gasteiger partial charge < -0.3 is 20.5 Å². The molecule has 1 fully saturated rings. The average molecular weight is 306 g/mol. The maximum atomic E-state index is 11.8. The minimum absolute atomic E-state index is 0.135. The maximum absolute atomic E-state index is 11.8. The molecule has 3 N–H and O–H groups in total. The van der Waals surface area contributed by atoms with E-state index < -0.39 is 18.2 Å². The lowest BCUT2D eigenvalue weighted by Gasteiger charge is -2.11. The molecule has 0 radical (unpaired) electrons. The van der Waals surface area contributed by atoms with Gasteiger partial charge in [-0.25, -0.2) is 4.79 Å². The van der Waals surface area contributed by atoms with Crippen molar-refractivity contribution in [3.05, 3.63) is 30.3 Å². The Morgan fingerprint density at radius 1 is 1.14 bits per heavy atom. The van der Waals surface area contributed by atoms with Crippen molar-refractivity contribution in [2.24, 2.45) is 0 Å². The number of carboxylic acids is 1. The number of carbonyl (C=O) groups excluding carboxylic acids is 2. The highest BCUT2D eigenvalue weighted by Gasteiger charge is 2.34. The molecule has 0 spiro atoms. The monoisotopic (exact) mass is 306 g/mol. The minimum atomic E-state index is -1.06. The summed E-state index contributed by atoms with van der Waals surface area (Å²) in [5.41, 5.74) is 0.697. The zero-order valence-electron chi connectivity index (χ0n) is 12.0. The fraction of sp³-hybridized carbons (Fsp3) is 0.400. The first-order valence-electron chi connectivity index (χ1n) is 7.07. The van der Waals surface area contributed by atoms with Crippen LogP contribution in [0, 0.1) is 0 Å². The first-order chi connectivity index (χ1) is 10.6. The highest BCUT2D eigenvalue weighted by Crippen LogP contribution is 2.19.